The summed E-state index contributed by atoms with van der Waals surface area (Å²) in [5, 5.41) is 2.60. The van der Waals surface area contributed by atoms with Gasteiger partial charge in [-0.2, -0.15) is 0 Å². The Kier molecular flexibility index (Phi) is 3.38. The average molecular weight is 265 g/mol. The van der Waals surface area contributed by atoms with Crippen molar-refractivity contribution in [2.24, 2.45) is 0 Å². The monoisotopic (exact) mass is 264 g/mol. The number of hydrogen-bond acceptors (Lipinski definition) is 4. The Morgan fingerprint density at radius 2 is 2.17 bits per heavy atom. The smallest absolute Gasteiger partial charge is 0.263 e. The third kappa shape index (κ3) is 2.72. The summed E-state index contributed by atoms with van der Waals surface area (Å²) in [6.45, 7) is 1.73. The van der Waals surface area contributed by atoms with Crippen LogP contribution in [-0.2, 0) is 0 Å². The summed E-state index contributed by atoms with van der Waals surface area (Å²) in [7, 11) is 0. The van der Waals surface area contributed by atoms with E-state index in [-0.39, 0.29) is 16.7 Å². The van der Waals surface area contributed by atoms with E-state index in [1.165, 1.54) is 18.3 Å². The molecule has 2 heterocycles. The van der Waals surface area contributed by atoms with Gasteiger partial charge in [-0.25, -0.2) is 9.97 Å². The first kappa shape index (κ1) is 12.3. The number of rotatable bonds is 2. The highest BCUT2D eigenvalue weighted by Gasteiger charge is 2.11. The van der Waals surface area contributed by atoms with Crippen molar-refractivity contribution in [1.82, 2.24) is 15.0 Å². The molecule has 6 nitrogen and oxygen atoms in total. The fourth-order valence-electron chi connectivity index (χ4n) is 1.32. The van der Waals surface area contributed by atoms with E-state index < -0.39 is 11.5 Å². The number of nitrogens with zero attached hydrogens (tertiary/aromatic N) is 2. The zero-order valence-corrected chi connectivity index (χ0v) is 10.2. The molecule has 0 saturated heterocycles. The summed E-state index contributed by atoms with van der Waals surface area (Å²) < 4.78 is 0. The van der Waals surface area contributed by atoms with Crippen LogP contribution in [0.2, 0.25) is 5.15 Å². The van der Waals surface area contributed by atoms with Crippen LogP contribution in [0.1, 0.15) is 16.1 Å². The second-order valence-electron chi connectivity index (χ2n) is 3.54. The number of carbonyl (C=O) groups is 1. The van der Waals surface area contributed by atoms with Gasteiger partial charge in [0.25, 0.3) is 11.5 Å². The number of pyridine rings is 1. The Morgan fingerprint density at radius 1 is 1.39 bits per heavy atom. The molecule has 2 N–H and O–H groups in total. The minimum Gasteiger partial charge on any atom is -0.326 e. The molecule has 1 amide bonds. The highest BCUT2D eigenvalue weighted by atomic mass is 35.5. The number of carbonyl (C=O) groups excluding carboxylic acids is 1. The first-order valence-electron chi connectivity index (χ1n) is 5.06. The molecule has 2 aromatic rings. The van der Waals surface area contributed by atoms with Crippen LogP contribution in [0.3, 0.4) is 0 Å². The Bertz CT molecular complexity index is 653. The fraction of sp³-hybridized carbons (Fsp3) is 0.0909. The quantitative estimate of drug-likeness (QED) is 0.802. The van der Waals surface area contributed by atoms with E-state index in [0.717, 1.165) is 0 Å². The Morgan fingerprint density at radius 3 is 2.83 bits per heavy atom. The predicted molar refractivity (Wildman–Crippen MR) is 66.8 cm³/mol. The lowest BCUT2D eigenvalue weighted by atomic mass is 10.2. The molecule has 7 heteroatoms. The molecule has 0 bridgehead atoms. The molecule has 2 aromatic heterocycles. The average Bonchev–Trinajstić information content (AvgIpc) is 2.28. The van der Waals surface area contributed by atoms with Crippen LogP contribution in [0.25, 0.3) is 0 Å². The number of hydrogen-bond donors (Lipinski definition) is 2. The van der Waals surface area contributed by atoms with Crippen molar-refractivity contribution in [2.75, 3.05) is 5.32 Å². The molecule has 2 rings (SSSR count). The molecular weight excluding hydrogens is 256 g/mol. The first-order valence-corrected chi connectivity index (χ1v) is 5.44. The lowest BCUT2D eigenvalue weighted by Gasteiger charge is -2.03. The van der Waals surface area contributed by atoms with E-state index in [0.29, 0.717) is 5.69 Å². The van der Waals surface area contributed by atoms with Gasteiger partial charge in [-0.1, -0.05) is 11.6 Å². The number of anilines is 1. The predicted octanol–water partition coefficient (Wildman–Crippen LogP) is 1.38. The molecule has 0 aliphatic carbocycles. The summed E-state index contributed by atoms with van der Waals surface area (Å²) >= 11 is 5.66. The Labute approximate surface area is 107 Å². The molecule has 0 aliphatic heterocycles. The molecule has 0 aromatic carbocycles. The van der Waals surface area contributed by atoms with Gasteiger partial charge in [0.05, 0.1) is 0 Å². The molecular formula is C11H9ClN4O2. The zero-order chi connectivity index (χ0) is 13.1. The number of aromatic amines is 1. The van der Waals surface area contributed by atoms with E-state index >= 15 is 0 Å². The maximum atomic E-state index is 11.8. The standard InChI is InChI=1S/C11H9ClN4O2/c1-6-2-3-7(9(17)14-6)10(18)16-11-13-5-4-8(12)15-11/h2-5H,1H3,(H,14,17)(H,13,15,16,18). The number of H-pyrrole nitrogens is 1. The lowest BCUT2D eigenvalue weighted by Crippen LogP contribution is -2.24. The topological polar surface area (TPSA) is 87.7 Å². The Balaban J connectivity index is 2.25. The second-order valence-corrected chi connectivity index (χ2v) is 3.93. The van der Waals surface area contributed by atoms with Gasteiger partial charge in [0, 0.05) is 11.9 Å². The van der Waals surface area contributed by atoms with E-state index in [4.69, 9.17) is 11.6 Å². The highest BCUT2D eigenvalue weighted by Crippen LogP contribution is 2.06. The molecule has 18 heavy (non-hydrogen) atoms. The SMILES string of the molecule is Cc1ccc(C(=O)Nc2nccc(Cl)n2)c(=O)[nH]1. The van der Waals surface area contributed by atoms with Gasteiger partial charge in [-0.3, -0.25) is 14.9 Å². The van der Waals surface area contributed by atoms with Crippen molar-refractivity contribution in [3.63, 3.8) is 0 Å². The zero-order valence-electron chi connectivity index (χ0n) is 9.40. The summed E-state index contributed by atoms with van der Waals surface area (Å²) in [6.07, 6.45) is 1.41. The normalized spacial score (nSPS) is 10.1. The Hall–Kier alpha value is -2.21. The molecule has 0 saturated carbocycles. The number of nitrogens with one attached hydrogen (secondary N) is 2. The largest absolute Gasteiger partial charge is 0.326 e. The van der Waals surface area contributed by atoms with E-state index in [1.807, 2.05) is 0 Å². The van der Waals surface area contributed by atoms with E-state index in [9.17, 15) is 9.59 Å². The molecule has 0 atom stereocenters. The number of halogens is 1. The summed E-state index contributed by atoms with van der Waals surface area (Å²) in [4.78, 5) is 33.5. The van der Waals surface area contributed by atoms with Gasteiger partial charge < -0.3 is 4.98 Å². The third-order valence-corrected chi connectivity index (χ3v) is 2.36. The van der Waals surface area contributed by atoms with Crippen molar-refractivity contribution in [1.29, 1.82) is 0 Å². The minimum absolute atomic E-state index is 0.0100. The van der Waals surface area contributed by atoms with Crippen LogP contribution in [0.4, 0.5) is 5.95 Å². The molecule has 92 valence electrons. The molecule has 0 fully saturated rings. The highest BCUT2D eigenvalue weighted by molar-refractivity contribution is 6.29. The number of aryl methyl sites for hydroxylation is 1. The van der Waals surface area contributed by atoms with Crippen molar-refractivity contribution >= 4 is 23.5 Å². The van der Waals surface area contributed by atoms with Crippen molar-refractivity contribution in [2.45, 2.75) is 6.92 Å². The molecule has 0 spiro atoms. The van der Waals surface area contributed by atoms with Crippen molar-refractivity contribution < 1.29 is 4.79 Å². The number of aromatic nitrogens is 3. The van der Waals surface area contributed by atoms with Gasteiger partial charge >= 0.3 is 0 Å². The van der Waals surface area contributed by atoms with E-state index in [2.05, 4.69) is 20.3 Å². The minimum atomic E-state index is -0.585. The third-order valence-electron chi connectivity index (χ3n) is 2.15. The second kappa shape index (κ2) is 4.97. The number of amides is 1. The van der Waals surface area contributed by atoms with Crippen LogP contribution in [0.5, 0.6) is 0 Å². The molecule has 0 radical (unpaired) electrons. The van der Waals surface area contributed by atoms with Crippen molar-refractivity contribution in [3.8, 4) is 0 Å². The molecule has 0 unspecified atom stereocenters. The summed E-state index contributed by atoms with van der Waals surface area (Å²) in [6, 6.07) is 4.55. The van der Waals surface area contributed by atoms with Gasteiger partial charge in [0.2, 0.25) is 5.95 Å². The summed E-state index contributed by atoms with van der Waals surface area (Å²) in [5.74, 6) is -0.536. The van der Waals surface area contributed by atoms with E-state index in [1.54, 1.807) is 13.0 Å². The van der Waals surface area contributed by atoms with Crippen LogP contribution in [0, 0.1) is 6.92 Å². The molecule has 0 aliphatic rings. The lowest BCUT2D eigenvalue weighted by molar-refractivity contribution is 0.102. The van der Waals surface area contributed by atoms with Crippen molar-refractivity contribution in [3.05, 3.63) is 51.2 Å². The van der Waals surface area contributed by atoms with Gasteiger partial charge in [-0.15, -0.1) is 0 Å². The van der Waals surface area contributed by atoms with Gasteiger partial charge in [-0.05, 0) is 25.1 Å². The van der Waals surface area contributed by atoms with Crippen LogP contribution in [-0.4, -0.2) is 20.9 Å². The van der Waals surface area contributed by atoms with Crippen LogP contribution in [0.15, 0.2) is 29.2 Å². The first-order chi connectivity index (χ1) is 8.56. The maximum absolute atomic E-state index is 11.8. The van der Waals surface area contributed by atoms with Gasteiger partial charge in [0.1, 0.15) is 10.7 Å². The van der Waals surface area contributed by atoms with Gasteiger partial charge in [0.15, 0.2) is 0 Å². The maximum Gasteiger partial charge on any atom is 0.263 e. The fourth-order valence-corrected chi connectivity index (χ4v) is 1.45. The van der Waals surface area contributed by atoms with Crippen LogP contribution >= 0.6 is 11.6 Å². The summed E-state index contributed by atoms with van der Waals surface area (Å²) in [5.41, 5.74) is 0.203. The van der Waals surface area contributed by atoms with Crippen LogP contribution < -0.4 is 10.9 Å².